The van der Waals surface area contributed by atoms with Crippen molar-refractivity contribution in [3.8, 4) is 0 Å². The summed E-state index contributed by atoms with van der Waals surface area (Å²) in [5.41, 5.74) is 5.16. The van der Waals surface area contributed by atoms with E-state index in [0.29, 0.717) is 19.4 Å². The molecule has 0 aliphatic carbocycles. The summed E-state index contributed by atoms with van der Waals surface area (Å²) in [5, 5.41) is 0. The summed E-state index contributed by atoms with van der Waals surface area (Å²) >= 11 is 0. The number of nitrogens with zero attached hydrogens (tertiary/aromatic N) is 1. The van der Waals surface area contributed by atoms with Crippen molar-refractivity contribution in [3.05, 3.63) is 0 Å². The number of carbonyl (C=O) groups excluding carboxylic acids is 2. The molecule has 1 rings (SSSR count). The molecule has 1 unspecified atom stereocenters. The van der Waals surface area contributed by atoms with Crippen molar-refractivity contribution in [3.63, 3.8) is 0 Å². The van der Waals surface area contributed by atoms with Gasteiger partial charge in [0.15, 0.2) is 0 Å². The molecule has 1 atom stereocenters. The van der Waals surface area contributed by atoms with Crippen molar-refractivity contribution in [2.75, 3.05) is 6.54 Å². The normalized spacial score (nSPS) is 18.2. The van der Waals surface area contributed by atoms with Gasteiger partial charge in [0.2, 0.25) is 11.8 Å². The number of hydrogen-bond acceptors (Lipinski definition) is 2. The van der Waals surface area contributed by atoms with E-state index in [4.69, 9.17) is 5.73 Å². The molecular weight excluding hydrogens is 363 g/mol. The molecule has 4 nitrogen and oxygen atoms in total. The summed E-state index contributed by atoms with van der Waals surface area (Å²) in [7, 11) is 0. The summed E-state index contributed by atoms with van der Waals surface area (Å²) in [6.07, 6.45) is 2.02. The quantitative estimate of drug-likeness (QED) is 0.637. The predicted molar refractivity (Wildman–Crippen MR) is 52.8 cm³/mol. The number of hydrogen-bond donors (Lipinski definition) is 1. The summed E-state index contributed by atoms with van der Waals surface area (Å²) in [5.74, 6) is -0.339. The fraction of sp³-hybridized carbons (Fsp3) is 0.750. The molecule has 5 heteroatoms. The zero-order valence-electron chi connectivity index (χ0n) is 7.95. The fourth-order valence-electron chi connectivity index (χ4n) is 1.57. The molecule has 74 valence electrons. The molecule has 0 saturated carbocycles. The first-order valence-electron chi connectivity index (χ1n) is 4.25. The minimum absolute atomic E-state index is 0. The van der Waals surface area contributed by atoms with Gasteiger partial charge in [-0.1, -0.05) is 6.92 Å². The average molecular weight is 379 g/mol. The molecule has 2 amide bonds. The van der Waals surface area contributed by atoms with Crippen molar-refractivity contribution in [2.24, 2.45) is 5.73 Å². The summed E-state index contributed by atoms with van der Waals surface area (Å²) in [6.45, 7) is 2.54. The molecule has 0 aromatic heterocycles. The van der Waals surface area contributed by atoms with Crippen molar-refractivity contribution in [1.82, 2.24) is 4.90 Å². The summed E-state index contributed by atoms with van der Waals surface area (Å²) < 4.78 is 0. The van der Waals surface area contributed by atoms with E-state index in [2.05, 4.69) is 0 Å². The van der Waals surface area contributed by atoms with Crippen molar-refractivity contribution in [2.45, 2.75) is 32.2 Å². The SMILES string of the molecule is CCC(C(N)=O)N1CCCC1=O.[PbH2]. The van der Waals surface area contributed by atoms with E-state index in [0.717, 1.165) is 6.42 Å². The minimum atomic E-state index is -0.396. The number of amides is 2. The molecule has 1 heterocycles. The summed E-state index contributed by atoms with van der Waals surface area (Å²) in [4.78, 5) is 23.7. The first-order valence-corrected chi connectivity index (χ1v) is 4.25. The molecule has 0 spiro atoms. The fourth-order valence-corrected chi connectivity index (χ4v) is 1.57. The van der Waals surface area contributed by atoms with E-state index in [1.165, 1.54) is 0 Å². The second-order valence-corrected chi connectivity index (χ2v) is 3.02. The van der Waals surface area contributed by atoms with E-state index >= 15 is 0 Å². The van der Waals surface area contributed by atoms with Crippen LogP contribution in [0.2, 0.25) is 0 Å². The van der Waals surface area contributed by atoms with Gasteiger partial charge in [0.05, 0.1) is 0 Å². The molecule has 2 N–H and O–H groups in total. The zero-order chi connectivity index (χ0) is 9.14. The Morgan fingerprint density at radius 1 is 1.69 bits per heavy atom. The molecular formula is C8H16N2O2Pb. The van der Waals surface area contributed by atoms with Crippen molar-refractivity contribution in [1.29, 1.82) is 0 Å². The zero-order valence-corrected chi connectivity index (χ0v) is 13.5. The second-order valence-electron chi connectivity index (χ2n) is 3.02. The van der Waals surface area contributed by atoms with Crippen LogP contribution in [-0.2, 0) is 9.59 Å². The van der Waals surface area contributed by atoms with Gasteiger partial charge in [0, 0.05) is 13.0 Å². The average Bonchev–Trinajstić information content (AvgIpc) is 2.38. The Balaban J connectivity index is 0.00000144. The molecule has 2 radical (unpaired) electrons. The molecule has 1 aliphatic heterocycles. The van der Waals surface area contributed by atoms with Crippen molar-refractivity contribution < 1.29 is 9.59 Å². The Bertz CT molecular complexity index is 208. The van der Waals surface area contributed by atoms with E-state index < -0.39 is 5.91 Å². The van der Waals surface area contributed by atoms with Gasteiger partial charge in [-0.05, 0) is 12.8 Å². The maximum absolute atomic E-state index is 11.2. The second kappa shape index (κ2) is 5.56. The Kier molecular flexibility index (Phi) is 5.50. The van der Waals surface area contributed by atoms with Gasteiger partial charge in [0.25, 0.3) is 0 Å². The first-order chi connectivity index (χ1) is 5.66. The molecule has 0 aromatic rings. The van der Waals surface area contributed by atoms with Crippen LogP contribution in [0.15, 0.2) is 0 Å². The molecule has 0 aromatic carbocycles. The van der Waals surface area contributed by atoms with Crippen LogP contribution in [0.5, 0.6) is 0 Å². The van der Waals surface area contributed by atoms with Crippen LogP contribution in [0, 0.1) is 0 Å². The van der Waals surface area contributed by atoms with E-state index in [-0.39, 0.29) is 39.2 Å². The standard InChI is InChI=1S/C8H14N2O2.Pb.2H/c1-2-6(8(9)12)10-5-3-4-7(10)11;;;/h6H,2-5H2,1H3,(H2,9,12);;;. The molecule has 1 fully saturated rings. The number of likely N-dealkylation sites (tertiary alicyclic amines) is 1. The number of nitrogens with two attached hydrogens (primary N) is 1. The maximum atomic E-state index is 11.2. The predicted octanol–water partition coefficient (Wildman–Crippen LogP) is -1.04. The summed E-state index contributed by atoms with van der Waals surface area (Å²) in [6, 6.07) is -0.389. The van der Waals surface area contributed by atoms with Crippen LogP contribution < -0.4 is 5.73 Å². The first kappa shape index (κ1) is 12.9. The third-order valence-electron chi connectivity index (χ3n) is 2.20. The monoisotopic (exact) mass is 380 g/mol. The Labute approximate surface area is 98.0 Å². The van der Waals surface area contributed by atoms with Crippen LogP contribution in [0.25, 0.3) is 0 Å². The Morgan fingerprint density at radius 2 is 2.31 bits per heavy atom. The van der Waals surface area contributed by atoms with Crippen LogP contribution in [0.4, 0.5) is 0 Å². The van der Waals surface area contributed by atoms with E-state index in [1.807, 2.05) is 6.92 Å². The molecule has 1 aliphatic rings. The number of rotatable bonds is 3. The molecule has 1 saturated heterocycles. The third kappa shape index (κ3) is 2.92. The van der Waals surface area contributed by atoms with Gasteiger partial charge >= 0.3 is 27.3 Å². The van der Waals surface area contributed by atoms with Gasteiger partial charge in [-0.25, -0.2) is 0 Å². The van der Waals surface area contributed by atoms with Gasteiger partial charge in [-0.15, -0.1) is 0 Å². The molecule has 13 heavy (non-hydrogen) atoms. The number of primary amides is 1. The van der Waals surface area contributed by atoms with Gasteiger partial charge in [-0.3, -0.25) is 9.59 Å². The number of carbonyl (C=O) groups is 2. The van der Waals surface area contributed by atoms with Crippen molar-refractivity contribution >= 4 is 39.1 Å². The van der Waals surface area contributed by atoms with Crippen LogP contribution in [-0.4, -0.2) is 56.6 Å². The Hall–Kier alpha value is -0.138. The van der Waals surface area contributed by atoms with Crippen LogP contribution in [0.1, 0.15) is 26.2 Å². The third-order valence-corrected chi connectivity index (χ3v) is 2.20. The van der Waals surface area contributed by atoms with Gasteiger partial charge in [0.1, 0.15) is 6.04 Å². The van der Waals surface area contributed by atoms with Gasteiger partial charge in [-0.2, -0.15) is 0 Å². The van der Waals surface area contributed by atoms with Crippen LogP contribution >= 0.6 is 0 Å². The van der Waals surface area contributed by atoms with Gasteiger partial charge < -0.3 is 10.6 Å². The van der Waals surface area contributed by atoms with E-state index in [9.17, 15) is 9.59 Å². The van der Waals surface area contributed by atoms with E-state index in [1.54, 1.807) is 4.90 Å². The Morgan fingerprint density at radius 3 is 2.62 bits per heavy atom. The topological polar surface area (TPSA) is 63.4 Å². The molecule has 0 bridgehead atoms. The van der Waals surface area contributed by atoms with Crippen LogP contribution in [0.3, 0.4) is 0 Å².